The summed E-state index contributed by atoms with van der Waals surface area (Å²) in [5, 5.41) is 6.84. The van der Waals surface area contributed by atoms with Gasteiger partial charge >= 0.3 is 0 Å². The molecule has 2 N–H and O–H groups in total. The second-order valence-electron chi connectivity index (χ2n) is 7.15. The van der Waals surface area contributed by atoms with E-state index in [1.807, 2.05) is 24.3 Å². The van der Waals surface area contributed by atoms with Gasteiger partial charge in [0.1, 0.15) is 11.5 Å². The summed E-state index contributed by atoms with van der Waals surface area (Å²) in [5.41, 5.74) is 2.29. The summed E-state index contributed by atoms with van der Waals surface area (Å²) in [7, 11) is 1.69. The molecule has 0 radical (unpaired) electrons. The number of hydrogen-bond donors (Lipinski definition) is 2. The van der Waals surface area contributed by atoms with Crippen molar-refractivity contribution in [2.75, 3.05) is 26.8 Å². The first kappa shape index (κ1) is 23.5. The number of nitrogens with zero attached hydrogens (tertiary/aromatic N) is 1. The third kappa shape index (κ3) is 8.26. The fourth-order valence-corrected chi connectivity index (χ4v) is 3.32. The second-order valence-corrected chi connectivity index (χ2v) is 7.15. The summed E-state index contributed by atoms with van der Waals surface area (Å²) in [6, 6.07) is 10.1. The van der Waals surface area contributed by atoms with Crippen LogP contribution in [0.2, 0.25) is 0 Å². The maximum Gasteiger partial charge on any atom is 0.191 e. The van der Waals surface area contributed by atoms with Crippen molar-refractivity contribution in [1.29, 1.82) is 0 Å². The van der Waals surface area contributed by atoms with Crippen molar-refractivity contribution >= 4 is 29.9 Å². The van der Waals surface area contributed by atoms with Gasteiger partial charge in [-0.25, -0.2) is 4.99 Å². The number of methoxy groups -OCH3 is 1. The Morgan fingerprint density at radius 3 is 2.86 bits per heavy atom. The fraction of sp³-hybridized carbons (Fsp3) is 0.500. The standard InChI is InChI=1S/C22H31N3O3.HI/c1-17-12-18(14-21(13-17)26-2)15-24-22(23-9-8-19-7-5-11-27-19)25-16-20-6-3-4-10-28-20;/h5,7,11-14,20H,3-4,6,8-10,15-16H2,1-2H3,(H2,23,24,25);1H. The first-order valence-corrected chi connectivity index (χ1v) is 10.0. The Labute approximate surface area is 190 Å². The third-order valence-electron chi connectivity index (χ3n) is 4.78. The number of halogens is 1. The maximum absolute atomic E-state index is 5.82. The van der Waals surface area contributed by atoms with Crippen LogP contribution in [0.1, 0.15) is 36.1 Å². The van der Waals surface area contributed by atoms with Crippen LogP contribution in [-0.2, 0) is 17.7 Å². The number of hydrogen-bond acceptors (Lipinski definition) is 4. The summed E-state index contributed by atoms with van der Waals surface area (Å²) in [5.74, 6) is 2.62. The topological polar surface area (TPSA) is 68.0 Å². The largest absolute Gasteiger partial charge is 0.497 e. The molecule has 160 valence electrons. The van der Waals surface area contributed by atoms with Gasteiger partial charge in [-0.05, 0) is 61.6 Å². The number of guanidine groups is 1. The predicted molar refractivity (Wildman–Crippen MR) is 126 cm³/mol. The summed E-state index contributed by atoms with van der Waals surface area (Å²) in [6.45, 7) is 5.02. The average Bonchev–Trinajstić information content (AvgIpc) is 3.23. The Morgan fingerprint density at radius 1 is 1.24 bits per heavy atom. The molecule has 1 aromatic carbocycles. The summed E-state index contributed by atoms with van der Waals surface area (Å²) in [6.07, 6.45) is 6.26. The molecule has 2 aromatic rings. The molecule has 1 aromatic heterocycles. The molecule has 1 unspecified atom stereocenters. The Bertz CT molecular complexity index is 744. The molecular weight excluding hydrogens is 481 g/mol. The van der Waals surface area contributed by atoms with Crippen molar-refractivity contribution in [2.24, 2.45) is 4.99 Å². The van der Waals surface area contributed by atoms with Gasteiger partial charge in [-0.15, -0.1) is 24.0 Å². The van der Waals surface area contributed by atoms with E-state index < -0.39 is 0 Å². The van der Waals surface area contributed by atoms with Crippen LogP contribution in [0.15, 0.2) is 46.0 Å². The first-order valence-electron chi connectivity index (χ1n) is 10.0. The van der Waals surface area contributed by atoms with Gasteiger partial charge in [-0.2, -0.15) is 0 Å². The lowest BCUT2D eigenvalue weighted by Gasteiger charge is -2.23. The predicted octanol–water partition coefficient (Wildman–Crippen LogP) is 4.06. The van der Waals surface area contributed by atoms with Gasteiger partial charge in [0, 0.05) is 26.1 Å². The zero-order valence-corrected chi connectivity index (χ0v) is 19.6. The van der Waals surface area contributed by atoms with Crippen LogP contribution in [0, 0.1) is 6.92 Å². The van der Waals surface area contributed by atoms with Gasteiger partial charge in [0.15, 0.2) is 5.96 Å². The highest BCUT2D eigenvalue weighted by molar-refractivity contribution is 14.0. The van der Waals surface area contributed by atoms with Crippen molar-refractivity contribution < 1.29 is 13.9 Å². The van der Waals surface area contributed by atoms with Crippen molar-refractivity contribution in [1.82, 2.24) is 10.6 Å². The van der Waals surface area contributed by atoms with Gasteiger partial charge in [0.25, 0.3) is 0 Å². The molecule has 29 heavy (non-hydrogen) atoms. The third-order valence-corrected chi connectivity index (χ3v) is 4.78. The minimum atomic E-state index is 0. The van der Waals surface area contributed by atoms with Crippen LogP contribution < -0.4 is 15.4 Å². The molecule has 1 aliphatic heterocycles. The summed E-state index contributed by atoms with van der Waals surface area (Å²) in [4.78, 5) is 4.77. The van der Waals surface area contributed by atoms with Gasteiger partial charge < -0.3 is 24.5 Å². The number of nitrogens with one attached hydrogen (secondary N) is 2. The summed E-state index contributed by atoms with van der Waals surface area (Å²) < 4.78 is 16.6. The normalized spacial score (nSPS) is 16.8. The number of rotatable bonds is 8. The molecule has 1 fully saturated rings. The minimum absolute atomic E-state index is 0. The Balaban J connectivity index is 0.00000300. The van der Waals surface area contributed by atoms with E-state index in [0.29, 0.717) is 6.54 Å². The average molecular weight is 513 g/mol. The van der Waals surface area contributed by atoms with E-state index in [1.54, 1.807) is 13.4 Å². The molecule has 0 bridgehead atoms. The Hall–Kier alpha value is -1.74. The number of aliphatic imine (C=N–C) groups is 1. The van der Waals surface area contributed by atoms with E-state index in [0.717, 1.165) is 62.0 Å². The maximum atomic E-state index is 5.82. The molecule has 1 atom stereocenters. The lowest BCUT2D eigenvalue weighted by Crippen LogP contribution is -2.43. The highest BCUT2D eigenvalue weighted by atomic mass is 127. The quantitative estimate of drug-likeness (QED) is 0.317. The Kier molecular flexibility index (Phi) is 10.3. The number of ether oxygens (including phenoxy) is 2. The van der Waals surface area contributed by atoms with Crippen LogP contribution in [0.4, 0.5) is 0 Å². The Morgan fingerprint density at radius 2 is 2.14 bits per heavy atom. The van der Waals surface area contributed by atoms with Gasteiger partial charge in [0.05, 0.1) is 26.0 Å². The second kappa shape index (κ2) is 12.7. The van der Waals surface area contributed by atoms with E-state index in [4.69, 9.17) is 18.9 Å². The molecule has 1 saturated heterocycles. The van der Waals surface area contributed by atoms with E-state index in [2.05, 4.69) is 23.6 Å². The zero-order valence-electron chi connectivity index (χ0n) is 17.3. The number of furan rings is 1. The molecular formula is C22H32IN3O3. The molecule has 6 nitrogen and oxygen atoms in total. The first-order chi connectivity index (χ1) is 13.7. The monoisotopic (exact) mass is 513 g/mol. The molecule has 1 aliphatic rings. The molecule has 0 saturated carbocycles. The van der Waals surface area contributed by atoms with Crippen molar-refractivity contribution in [3.8, 4) is 5.75 Å². The van der Waals surface area contributed by atoms with E-state index >= 15 is 0 Å². The van der Waals surface area contributed by atoms with Crippen LogP contribution >= 0.6 is 24.0 Å². The highest BCUT2D eigenvalue weighted by Gasteiger charge is 2.14. The van der Waals surface area contributed by atoms with Gasteiger partial charge in [-0.3, -0.25) is 0 Å². The van der Waals surface area contributed by atoms with Crippen molar-refractivity contribution in [3.63, 3.8) is 0 Å². The molecule has 3 rings (SSSR count). The molecule has 0 amide bonds. The fourth-order valence-electron chi connectivity index (χ4n) is 3.32. The SMILES string of the molecule is COc1cc(C)cc(CN=C(NCCc2ccco2)NCC2CCCCO2)c1.I. The highest BCUT2D eigenvalue weighted by Crippen LogP contribution is 2.17. The molecule has 2 heterocycles. The van der Waals surface area contributed by atoms with Gasteiger partial charge in [-0.1, -0.05) is 6.07 Å². The summed E-state index contributed by atoms with van der Waals surface area (Å²) >= 11 is 0. The lowest BCUT2D eigenvalue weighted by molar-refractivity contribution is 0.0194. The number of aryl methyl sites for hydroxylation is 1. The van der Waals surface area contributed by atoms with Crippen LogP contribution in [0.3, 0.4) is 0 Å². The van der Waals surface area contributed by atoms with Crippen molar-refractivity contribution in [3.05, 3.63) is 53.5 Å². The molecule has 7 heteroatoms. The number of benzene rings is 1. The zero-order chi connectivity index (χ0) is 19.6. The van der Waals surface area contributed by atoms with E-state index in [9.17, 15) is 0 Å². The van der Waals surface area contributed by atoms with E-state index in [-0.39, 0.29) is 30.1 Å². The smallest absolute Gasteiger partial charge is 0.191 e. The van der Waals surface area contributed by atoms with Crippen LogP contribution in [0.25, 0.3) is 0 Å². The van der Waals surface area contributed by atoms with Crippen LogP contribution in [0.5, 0.6) is 5.75 Å². The molecule has 0 spiro atoms. The minimum Gasteiger partial charge on any atom is -0.497 e. The van der Waals surface area contributed by atoms with Crippen molar-refractivity contribution in [2.45, 2.75) is 45.3 Å². The lowest BCUT2D eigenvalue weighted by atomic mass is 10.1. The van der Waals surface area contributed by atoms with E-state index in [1.165, 1.54) is 12.0 Å². The van der Waals surface area contributed by atoms with Gasteiger partial charge in [0.2, 0.25) is 0 Å². The van der Waals surface area contributed by atoms with Crippen LogP contribution in [-0.4, -0.2) is 38.9 Å². The molecule has 0 aliphatic carbocycles.